The fourth-order valence-electron chi connectivity index (χ4n) is 11.4. The molecule has 67 heavy (non-hydrogen) atoms. The van der Waals surface area contributed by atoms with E-state index in [0.717, 1.165) is 91.8 Å². The van der Waals surface area contributed by atoms with Crippen LogP contribution in [0.1, 0.15) is 115 Å². The molecule has 0 bridgehead atoms. The summed E-state index contributed by atoms with van der Waals surface area (Å²) in [4.78, 5) is 66.9. The number of hydrogen-bond donors (Lipinski definition) is 2. The van der Waals surface area contributed by atoms with E-state index in [9.17, 15) is 28.0 Å². The van der Waals surface area contributed by atoms with Crippen molar-refractivity contribution in [2.45, 2.75) is 97.9 Å². The Bertz CT molecular complexity index is 2500. The highest BCUT2D eigenvalue weighted by Crippen LogP contribution is 2.47. The summed E-state index contributed by atoms with van der Waals surface area (Å²) in [5.74, 6) is 2.07. The first-order chi connectivity index (χ1) is 32.3. The number of fused-ring (bicyclic) bond motifs is 1. The van der Waals surface area contributed by atoms with Crippen LogP contribution < -0.4 is 20.4 Å². The number of hydrogen-bond acceptors (Lipinski definition) is 10. The Morgan fingerprint density at radius 2 is 1.54 bits per heavy atom. The first-order valence-corrected chi connectivity index (χ1v) is 24.3. The van der Waals surface area contributed by atoms with Gasteiger partial charge >= 0.3 is 6.03 Å². The highest BCUT2D eigenvalue weighted by atomic mass is 19.3. The fourth-order valence-corrected chi connectivity index (χ4v) is 11.4. The Morgan fingerprint density at radius 3 is 2.24 bits per heavy atom. The molecule has 5 fully saturated rings. The minimum absolute atomic E-state index is 0.00168. The number of carbonyl (C=O) groups is 4. The normalized spacial score (nSPS) is 20.5. The van der Waals surface area contributed by atoms with Crippen molar-refractivity contribution in [3.05, 3.63) is 82.2 Å². The number of anilines is 3. The molecular formula is C51H64F2N10O4. The Kier molecular flexibility index (Phi) is 13.5. The van der Waals surface area contributed by atoms with E-state index in [1.165, 1.54) is 31.7 Å². The summed E-state index contributed by atoms with van der Waals surface area (Å²) in [5.41, 5.74) is 4.55. The number of aromatic nitrogens is 3. The number of aryl methyl sites for hydroxylation is 2. The molecule has 2 aromatic heterocycles. The molecule has 14 nitrogen and oxygen atoms in total. The number of carbonyl (C=O) groups excluding carboxylic acids is 4. The summed E-state index contributed by atoms with van der Waals surface area (Å²) in [6.45, 7) is 14.9. The van der Waals surface area contributed by atoms with Crippen LogP contribution in [-0.2, 0) is 9.59 Å². The van der Waals surface area contributed by atoms with Gasteiger partial charge in [-0.2, -0.15) is 5.10 Å². The maximum Gasteiger partial charge on any atom is 0.328 e. The first kappa shape index (κ1) is 46.3. The van der Waals surface area contributed by atoms with Crippen molar-refractivity contribution >= 4 is 51.8 Å². The van der Waals surface area contributed by atoms with Crippen LogP contribution in [0.15, 0.2) is 48.7 Å². The highest BCUT2D eigenvalue weighted by Gasteiger charge is 2.40. The molecular weight excluding hydrogens is 855 g/mol. The number of pyridine rings is 1. The largest absolute Gasteiger partial charge is 0.362 e. The predicted octanol–water partition coefficient (Wildman–Crippen LogP) is 7.98. The van der Waals surface area contributed by atoms with Crippen LogP contribution in [0.4, 0.5) is 30.9 Å². The van der Waals surface area contributed by atoms with Gasteiger partial charge in [-0.15, -0.1) is 5.10 Å². The molecule has 4 saturated heterocycles. The molecule has 1 aliphatic carbocycles. The Balaban J connectivity index is 0.716. The van der Waals surface area contributed by atoms with Crippen molar-refractivity contribution in [1.82, 2.24) is 35.2 Å². The minimum atomic E-state index is -2.55. The van der Waals surface area contributed by atoms with Gasteiger partial charge in [-0.25, -0.2) is 18.6 Å². The molecule has 0 unspecified atom stereocenters. The van der Waals surface area contributed by atoms with Crippen molar-refractivity contribution < 1.29 is 28.0 Å². The third-order valence-electron chi connectivity index (χ3n) is 15.8. The average molecular weight is 919 g/mol. The quantitative estimate of drug-likeness (QED) is 0.161. The lowest BCUT2D eigenvalue weighted by molar-refractivity contribution is -0.137. The molecule has 0 radical (unpaired) electrons. The van der Waals surface area contributed by atoms with E-state index in [-0.39, 0.29) is 41.7 Å². The molecule has 1 spiro atoms. The number of nitrogens with zero attached hydrogens (tertiary/aromatic N) is 8. The third-order valence-corrected chi connectivity index (χ3v) is 15.8. The molecule has 2 N–H and O–H groups in total. The van der Waals surface area contributed by atoms with Gasteiger partial charge in [-0.05, 0) is 138 Å². The number of nitrogens with one attached hydrogen (secondary N) is 2. The monoisotopic (exact) mass is 919 g/mol. The molecule has 16 heteroatoms. The number of urea groups is 1. The van der Waals surface area contributed by atoms with E-state index in [1.54, 1.807) is 24.0 Å². The molecule has 4 aromatic rings. The number of halogens is 2. The van der Waals surface area contributed by atoms with Gasteiger partial charge in [0.05, 0.1) is 11.7 Å². The molecule has 1 saturated carbocycles. The van der Waals surface area contributed by atoms with Crippen LogP contribution in [0.5, 0.6) is 0 Å². The summed E-state index contributed by atoms with van der Waals surface area (Å²) < 4.78 is 27.3. The lowest BCUT2D eigenvalue weighted by Crippen LogP contribution is -2.52. The SMILES string of the molecule is Cc1ccc(C(=O)N2CCC3(CCC(CN4CCC(C(=O)N5CCN(c6cc7c(N[C@H](C)c8cccc(C(F)F)c8C)nnc(C)c7cn6)CC5)CC4)CC3)CC2)cc1N1CCC(=O)NC1=O. The van der Waals surface area contributed by atoms with E-state index in [4.69, 9.17) is 4.98 Å². The average Bonchev–Trinajstić information content (AvgIpc) is 3.33. The number of imide groups is 1. The van der Waals surface area contributed by atoms with E-state index in [2.05, 4.69) is 30.6 Å². The summed E-state index contributed by atoms with van der Waals surface area (Å²) >= 11 is 0. The number of likely N-dealkylation sites (tertiary alicyclic amines) is 2. The number of piperidine rings is 2. The summed E-state index contributed by atoms with van der Waals surface area (Å²) in [5, 5.41) is 16.4. The molecule has 5 aliphatic rings. The molecule has 5 amide bonds. The van der Waals surface area contributed by atoms with Crippen LogP contribution >= 0.6 is 0 Å². The van der Waals surface area contributed by atoms with Crippen molar-refractivity contribution in [3.63, 3.8) is 0 Å². The lowest BCUT2D eigenvalue weighted by atomic mass is 9.65. The number of alkyl halides is 2. The van der Waals surface area contributed by atoms with Gasteiger partial charge in [-0.1, -0.05) is 24.3 Å². The first-order valence-electron chi connectivity index (χ1n) is 24.3. The molecule has 4 aliphatic heterocycles. The lowest BCUT2D eigenvalue weighted by Gasteiger charge is -2.47. The summed E-state index contributed by atoms with van der Waals surface area (Å²) in [6, 6.07) is 11.8. The maximum absolute atomic E-state index is 13.8. The van der Waals surface area contributed by atoms with Gasteiger partial charge in [0.25, 0.3) is 12.3 Å². The number of rotatable bonds is 10. The van der Waals surface area contributed by atoms with E-state index >= 15 is 0 Å². The maximum atomic E-state index is 13.8. The molecule has 2 aromatic carbocycles. The van der Waals surface area contributed by atoms with Gasteiger partial charge in [0, 0.05) is 98.5 Å². The van der Waals surface area contributed by atoms with Gasteiger partial charge in [0.1, 0.15) is 5.82 Å². The Morgan fingerprint density at radius 1 is 0.821 bits per heavy atom. The van der Waals surface area contributed by atoms with Crippen molar-refractivity contribution in [3.8, 4) is 0 Å². The standard InChI is InChI=1S/C51H64F2N10O4/c1-32-8-9-38(28-43(32)63-21-14-45(64)56-50(63)67)49(66)61-22-17-51(18-23-61)15-10-36(11-16-51)31-59-19-12-37(13-20-59)48(65)62-26-24-60(25-27-62)44-29-41-42(30-54-44)35(4)57-58-47(41)55-34(3)39-6-5-7-40(33(39)2)46(52)53/h5-9,28-30,34,36-37,46H,10-27,31H2,1-4H3,(H,55,58)(H,56,64,67)/t34-/m1/s1. The molecule has 356 valence electrons. The Hall–Kier alpha value is -5.77. The second kappa shape index (κ2) is 19.4. The molecule has 6 heterocycles. The summed E-state index contributed by atoms with van der Waals surface area (Å²) in [6.07, 6.45) is 8.11. The number of benzene rings is 2. The van der Waals surface area contributed by atoms with Crippen LogP contribution in [0, 0.1) is 38.0 Å². The van der Waals surface area contributed by atoms with Crippen LogP contribution in [0.3, 0.4) is 0 Å². The number of amides is 5. The molecule has 1 atom stereocenters. The van der Waals surface area contributed by atoms with Crippen molar-refractivity contribution in [2.75, 3.05) is 80.6 Å². The predicted molar refractivity (Wildman–Crippen MR) is 254 cm³/mol. The zero-order valence-corrected chi connectivity index (χ0v) is 39.3. The minimum Gasteiger partial charge on any atom is -0.362 e. The van der Waals surface area contributed by atoms with Crippen molar-refractivity contribution in [2.24, 2.45) is 17.3 Å². The second-order valence-corrected chi connectivity index (χ2v) is 19.8. The summed E-state index contributed by atoms with van der Waals surface area (Å²) in [7, 11) is 0. The van der Waals surface area contributed by atoms with Crippen LogP contribution in [-0.4, -0.2) is 119 Å². The van der Waals surface area contributed by atoms with Crippen LogP contribution in [0.25, 0.3) is 10.8 Å². The van der Waals surface area contributed by atoms with E-state index in [0.29, 0.717) is 66.7 Å². The van der Waals surface area contributed by atoms with Gasteiger partial charge < -0.3 is 24.9 Å². The van der Waals surface area contributed by atoms with Crippen LogP contribution in [0.2, 0.25) is 0 Å². The van der Waals surface area contributed by atoms with E-state index < -0.39 is 12.5 Å². The van der Waals surface area contributed by atoms with Gasteiger partial charge in [0.2, 0.25) is 11.8 Å². The second-order valence-electron chi connectivity index (χ2n) is 19.8. The van der Waals surface area contributed by atoms with Crippen molar-refractivity contribution in [1.29, 1.82) is 0 Å². The number of piperazine rings is 1. The molecule has 9 rings (SSSR count). The zero-order valence-electron chi connectivity index (χ0n) is 39.3. The Labute approximate surface area is 391 Å². The third kappa shape index (κ3) is 9.82. The topological polar surface area (TPSA) is 147 Å². The fraction of sp³-hybridized carbons (Fsp3) is 0.549. The highest BCUT2D eigenvalue weighted by molar-refractivity contribution is 6.06. The zero-order chi connectivity index (χ0) is 47.0. The smallest absolute Gasteiger partial charge is 0.328 e. The van der Waals surface area contributed by atoms with Gasteiger partial charge in [-0.3, -0.25) is 24.6 Å². The van der Waals surface area contributed by atoms with Gasteiger partial charge in [0.15, 0.2) is 5.82 Å². The van der Waals surface area contributed by atoms with E-state index in [1.807, 2.05) is 61.0 Å².